The molecule has 1 atom stereocenters. The number of carbonyl (C=O) groups is 2. The molecule has 5 nitrogen and oxygen atoms in total. The van der Waals surface area contributed by atoms with Crippen molar-refractivity contribution in [1.82, 2.24) is 10.2 Å². The molecule has 2 amide bonds. The van der Waals surface area contributed by atoms with E-state index in [1.165, 1.54) is 5.56 Å². The van der Waals surface area contributed by atoms with Crippen molar-refractivity contribution in [3.05, 3.63) is 65.2 Å². The SMILES string of the molecule is CCNC(=O)C(C)N(Cc1ccc(OC)cc1)C(=O)CCc1ccc(C)cc1. The highest BCUT2D eigenvalue weighted by Crippen LogP contribution is 2.16. The van der Waals surface area contributed by atoms with Crippen LogP contribution in [0.3, 0.4) is 0 Å². The number of methoxy groups -OCH3 is 1. The zero-order valence-electron chi connectivity index (χ0n) is 17.2. The highest BCUT2D eigenvalue weighted by molar-refractivity contribution is 5.87. The molecular weight excluding hydrogens is 352 g/mol. The molecule has 0 spiro atoms. The molecule has 0 bridgehead atoms. The third-order valence-corrected chi connectivity index (χ3v) is 4.78. The molecule has 1 unspecified atom stereocenters. The van der Waals surface area contributed by atoms with E-state index in [0.29, 0.717) is 25.9 Å². The van der Waals surface area contributed by atoms with Crippen molar-refractivity contribution in [2.75, 3.05) is 13.7 Å². The number of aryl methyl sites for hydroxylation is 2. The summed E-state index contributed by atoms with van der Waals surface area (Å²) in [6, 6.07) is 15.2. The van der Waals surface area contributed by atoms with E-state index < -0.39 is 6.04 Å². The second-order valence-electron chi connectivity index (χ2n) is 6.93. The summed E-state index contributed by atoms with van der Waals surface area (Å²) in [4.78, 5) is 27.0. The summed E-state index contributed by atoms with van der Waals surface area (Å²) in [5, 5.41) is 2.81. The van der Waals surface area contributed by atoms with Gasteiger partial charge in [-0.15, -0.1) is 0 Å². The van der Waals surface area contributed by atoms with E-state index >= 15 is 0 Å². The molecule has 28 heavy (non-hydrogen) atoms. The Hall–Kier alpha value is -2.82. The monoisotopic (exact) mass is 382 g/mol. The number of ether oxygens (including phenoxy) is 1. The summed E-state index contributed by atoms with van der Waals surface area (Å²) in [6.45, 7) is 6.61. The number of nitrogens with one attached hydrogen (secondary N) is 1. The average Bonchev–Trinajstić information content (AvgIpc) is 2.71. The van der Waals surface area contributed by atoms with E-state index in [4.69, 9.17) is 4.74 Å². The van der Waals surface area contributed by atoms with Gasteiger partial charge in [0.25, 0.3) is 0 Å². The number of likely N-dealkylation sites (N-methyl/N-ethyl adjacent to an activating group) is 1. The summed E-state index contributed by atoms with van der Waals surface area (Å²) < 4.78 is 5.19. The number of nitrogens with zero attached hydrogens (tertiary/aromatic N) is 1. The van der Waals surface area contributed by atoms with Gasteiger partial charge in [0.2, 0.25) is 11.8 Å². The van der Waals surface area contributed by atoms with Crippen LogP contribution in [0.15, 0.2) is 48.5 Å². The molecule has 0 saturated carbocycles. The smallest absolute Gasteiger partial charge is 0.242 e. The predicted molar refractivity (Wildman–Crippen MR) is 111 cm³/mol. The summed E-state index contributed by atoms with van der Waals surface area (Å²) >= 11 is 0. The molecule has 5 heteroatoms. The molecule has 2 aromatic carbocycles. The van der Waals surface area contributed by atoms with E-state index in [1.807, 2.05) is 62.4 Å². The largest absolute Gasteiger partial charge is 0.497 e. The van der Waals surface area contributed by atoms with Crippen molar-refractivity contribution in [1.29, 1.82) is 0 Å². The average molecular weight is 383 g/mol. The van der Waals surface area contributed by atoms with Gasteiger partial charge in [-0.3, -0.25) is 9.59 Å². The Morgan fingerprint density at radius 1 is 1.04 bits per heavy atom. The van der Waals surface area contributed by atoms with Crippen LogP contribution < -0.4 is 10.1 Å². The Labute approximate surface area is 167 Å². The van der Waals surface area contributed by atoms with Gasteiger partial charge in [-0.05, 0) is 50.5 Å². The fourth-order valence-electron chi connectivity index (χ4n) is 2.98. The third kappa shape index (κ3) is 6.12. The molecular formula is C23H30N2O3. The number of carbonyl (C=O) groups excluding carboxylic acids is 2. The maximum absolute atomic E-state index is 13.0. The van der Waals surface area contributed by atoms with Gasteiger partial charge in [0.15, 0.2) is 0 Å². The number of amides is 2. The molecule has 2 rings (SSSR count). The van der Waals surface area contributed by atoms with Gasteiger partial charge < -0.3 is 15.0 Å². The standard InChI is InChI=1S/C23H30N2O3/c1-5-24-23(27)18(3)25(16-20-10-13-21(28-4)14-11-20)22(26)15-12-19-8-6-17(2)7-9-19/h6-11,13-14,18H,5,12,15-16H2,1-4H3,(H,24,27). The maximum atomic E-state index is 13.0. The maximum Gasteiger partial charge on any atom is 0.242 e. The fourth-order valence-corrected chi connectivity index (χ4v) is 2.98. The molecule has 0 fully saturated rings. The van der Waals surface area contributed by atoms with Crippen LogP contribution in [0.5, 0.6) is 5.75 Å². The highest BCUT2D eigenvalue weighted by atomic mass is 16.5. The highest BCUT2D eigenvalue weighted by Gasteiger charge is 2.25. The van der Waals surface area contributed by atoms with E-state index in [-0.39, 0.29) is 11.8 Å². The van der Waals surface area contributed by atoms with Crippen molar-refractivity contribution in [3.63, 3.8) is 0 Å². The summed E-state index contributed by atoms with van der Waals surface area (Å²) in [5.74, 6) is 0.590. The van der Waals surface area contributed by atoms with Gasteiger partial charge >= 0.3 is 0 Å². The lowest BCUT2D eigenvalue weighted by molar-refractivity contribution is -0.140. The number of hydrogen-bond acceptors (Lipinski definition) is 3. The van der Waals surface area contributed by atoms with Crippen molar-refractivity contribution >= 4 is 11.8 Å². The predicted octanol–water partition coefficient (Wildman–Crippen LogP) is 3.49. The number of benzene rings is 2. The van der Waals surface area contributed by atoms with E-state index in [0.717, 1.165) is 16.9 Å². The van der Waals surface area contributed by atoms with Gasteiger partial charge in [-0.25, -0.2) is 0 Å². The summed E-state index contributed by atoms with van der Waals surface area (Å²) in [5.41, 5.74) is 3.27. The van der Waals surface area contributed by atoms with E-state index in [9.17, 15) is 9.59 Å². The minimum atomic E-state index is -0.535. The molecule has 0 aromatic heterocycles. The minimum Gasteiger partial charge on any atom is -0.497 e. The topological polar surface area (TPSA) is 58.6 Å². The van der Waals surface area contributed by atoms with Crippen molar-refractivity contribution in [2.24, 2.45) is 0 Å². The zero-order chi connectivity index (χ0) is 20.5. The fraction of sp³-hybridized carbons (Fsp3) is 0.391. The zero-order valence-corrected chi connectivity index (χ0v) is 17.2. The normalized spacial score (nSPS) is 11.6. The van der Waals surface area contributed by atoms with Crippen LogP contribution >= 0.6 is 0 Å². The van der Waals surface area contributed by atoms with Crippen LogP contribution in [0.2, 0.25) is 0 Å². The Morgan fingerprint density at radius 2 is 1.64 bits per heavy atom. The first-order chi connectivity index (χ1) is 13.4. The second-order valence-corrected chi connectivity index (χ2v) is 6.93. The summed E-state index contributed by atoms with van der Waals surface area (Å²) in [6.07, 6.45) is 1.02. The van der Waals surface area contributed by atoms with Crippen molar-refractivity contribution in [3.8, 4) is 5.75 Å². The molecule has 0 aliphatic heterocycles. The Bertz CT molecular complexity index is 769. The Kier molecular flexibility index (Phi) is 8.05. The molecule has 0 saturated heterocycles. The molecule has 2 aromatic rings. The first-order valence-electron chi connectivity index (χ1n) is 9.70. The summed E-state index contributed by atoms with van der Waals surface area (Å²) in [7, 11) is 1.62. The number of rotatable bonds is 9. The van der Waals surface area contributed by atoms with Crippen LogP contribution in [0.4, 0.5) is 0 Å². The quantitative estimate of drug-likeness (QED) is 0.722. The lowest BCUT2D eigenvalue weighted by Crippen LogP contribution is -2.47. The molecule has 0 radical (unpaired) electrons. The van der Waals surface area contributed by atoms with Crippen LogP contribution in [-0.4, -0.2) is 36.4 Å². The van der Waals surface area contributed by atoms with Crippen molar-refractivity contribution in [2.45, 2.75) is 46.2 Å². The van der Waals surface area contributed by atoms with Gasteiger partial charge in [0, 0.05) is 19.5 Å². The first kappa shape index (κ1) is 21.5. The lowest BCUT2D eigenvalue weighted by atomic mass is 10.1. The third-order valence-electron chi connectivity index (χ3n) is 4.78. The second kappa shape index (κ2) is 10.5. The van der Waals surface area contributed by atoms with Gasteiger partial charge in [-0.1, -0.05) is 42.0 Å². The molecule has 1 N–H and O–H groups in total. The van der Waals surface area contributed by atoms with Crippen LogP contribution in [-0.2, 0) is 22.6 Å². The van der Waals surface area contributed by atoms with E-state index in [1.54, 1.807) is 18.9 Å². The molecule has 0 aliphatic carbocycles. The van der Waals surface area contributed by atoms with Gasteiger partial charge in [-0.2, -0.15) is 0 Å². The molecule has 0 aliphatic rings. The first-order valence-corrected chi connectivity index (χ1v) is 9.70. The van der Waals surface area contributed by atoms with Gasteiger partial charge in [0.05, 0.1) is 7.11 Å². The van der Waals surface area contributed by atoms with Crippen molar-refractivity contribution < 1.29 is 14.3 Å². The van der Waals surface area contributed by atoms with Crippen LogP contribution in [0, 0.1) is 6.92 Å². The lowest BCUT2D eigenvalue weighted by Gasteiger charge is -2.29. The number of hydrogen-bond donors (Lipinski definition) is 1. The minimum absolute atomic E-state index is 0.0323. The Balaban J connectivity index is 2.11. The van der Waals surface area contributed by atoms with Gasteiger partial charge in [0.1, 0.15) is 11.8 Å². The molecule has 0 heterocycles. The van der Waals surface area contributed by atoms with E-state index in [2.05, 4.69) is 5.32 Å². The van der Waals surface area contributed by atoms with Crippen LogP contribution in [0.25, 0.3) is 0 Å². The van der Waals surface area contributed by atoms with Crippen LogP contribution in [0.1, 0.15) is 37.0 Å². The Morgan fingerprint density at radius 3 is 2.21 bits per heavy atom. The molecule has 150 valence electrons.